The Hall–Kier alpha value is -2.08. The van der Waals surface area contributed by atoms with Crippen molar-refractivity contribution in [2.75, 3.05) is 25.0 Å². The third-order valence-electron chi connectivity index (χ3n) is 5.25. The monoisotopic (exact) mass is 416 g/mol. The lowest BCUT2D eigenvalue weighted by molar-refractivity contribution is -0.140. The fourth-order valence-electron chi connectivity index (χ4n) is 3.75. The van der Waals surface area contributed by atoms with Crippen LogP contribution in [0.2, 0.25) is 5.02 Å². The summed E-state index contributed by atoms with van der Waals surface area (Å²) in [6.45, 7) is 2.84. The van der Waals surface area contributed by atoms with Crippen molar-refractivity contribution in [1.82, 2.24) is 5.32 Å². The van der Waals surface area contributed by atoms with Gasteiger partial charge in [0.05, 0.1) is 12.7 Å². The molecule has 2 atom stereocenters. The Morgan fingerprint density at radius 3 is 2.93 bits per heavy atom. The van der Waals surface area contributed by atoms with E-state index in [0.29, 0.717) is 24.2 Å². The predicted molar refractivity (Wildman–Crippen MR) is 116 cm³/mol. The van der Waals surface area contributed by atoms with Gasteiger partial charge in [-0.3, -0.25) is 4.79 Å². The van der Waals surface area contributed by atoms with E-state index in [1.54, 1.807) is 19.1 Å². The van der Waals surface area contributed by atoms with E-state index < -0.39 is 6.10 Å². The molecule has 156 valence electrons. The van der Waals surface area contributed by atoms with Crippen molar-refractivity contribution in [3.63, 3.8) is 0 Å². The number of aliphatic hydroxyl groups excluding tert-OH is 1. The number of nitrogens with one attached hydrogen (secondary N) is 2. The third-order valence-corrected chi connectivity index (χ3v) is 5.48. The van der Waals surface area contributed by atoms with E-state index in [9.17, 15) is 9.90 Å². The Morgan fingerprint density at radius 1 is 1.28 bits per heavy atom. The zero-order chi connectivity index (χ0) is 20.6. The van der Waals surface area contributed by atoms with Crippen LogP contribution in [0.25, 0.3) is 0 Å². The van der Waals surface area contributed by atoms with Crippen molar-refractivity contribution in [3.05, 3.63) is 64.2 Å². The number of carbonyl (C=O) groups is 1. The van der Waals surface area contributed by atoms with E-state index in [0.717, 1.165) is 36.9 Å². The maximum Gasteiger partial charge on any atom is 0.325 e. The van der Waals surface area contributed by atoms with Crippen LogP contribution in [-0.2, 0) is 22.4 Å². The second-order valence-electron chi connectivity index (χ2n) is 7.41. The number of benzene rings is 2. The maximum atomic E-state index is 11.6. The molecule has 2 aromatic carbocycles. The van der Waals surface area contributed by atoms with Gasteiger partial charge >= 0.3 is 5.97 Å². The summed E-state index contributed by atoms with van der Waals surface area (Å²) >= 11 is 6.03. The van der Waals surface area contributed by atoms with E-state index in [1.807, 2.05) is 18.2 Å². The number of aliphatic hydroxyl groups is 1. The van der Waals surface area contributed by atoms with Gasteiger partial charge in [-0.1, -0.05) is 29.8 Å². The Bertz CT molecular complexity index is 828. The molecule has 0 bridgehead atoms. The van der Waals surface area contributed by atoms with E-state index in [2.05, 4.69) is 22.8 Å². The number of fused-ring (bicyclic) bond motifs is 1. The molecule has 1 aliphatic carbocycles. The van der Waals surface area contributed by atoms with Crippen molar-refractivity contribution in [2.45, 2.75) is 44.8 Å². The van der Waals surface area contributed by atoms with Gasteiger partial charge in [0.15, 0.2) is 0 Å². The minimum atomic E-state index is -0.589. The lowest BCUT2D eigenvalue weighted by Gasteiger charge is -2.20. The van der Waals surface area contributed by atoms with Gasteiger partial charge in [0.1, 0.15) is 6.54 Å². The molecular formula is C23H29ClN2O3. The van der Waals surface area contributed by atoms with E-state index >= 15 is 0 Å². The molecule has 0 saturated carbocycles. The van der Waals surface area contributed by atoms with Crippen LogP contribution in [0.1, 0.15) is 42.6 Å². The summed E-state index contributed by atoms with van der Waals surface area (Å²) in [5, 5.41) is 17.8. The Morgan fingerprint density at radius 2 is 2.14 bits per heavy atom. The molecule has 0 amide bonds. The summed E-state index contributed by atoms with van der Waals surface area (Å²) in [4.78, 5) is 11.6. The molecular weight excluding hydrogens is 388 g/mol. The van der Waals surface area contributed by atoms with E-state index in [-0.39, 0.29) is 12.5 Å². The maximum absolute atomic E-state index is 11.6. The van der Waals surface area contributed by atoms with Crippen LogP contribution in [0.5, 0.6) is 0 Å². The molecule has 3 rings (SSSR count). The van der Waals surface area contributed by atoms with Gasteiger partial charge in [0.25, 0.3) is 0 Å². The number of aryl methyl sites for hydroxylation is 1. The average Bonchev–Trinajstić information content (AvgIpc) is 2.92. The summed E-state index contributed by atoms with van der Waals surface area (Å²) in [5.41, 5.74) is 4.39. The highest BCUT2D eigenvalue weighted by Gasteiger charge is 2.18. The van der Waals surface area contributed by atoms with Crippen molar-refractivity contribution < 1.29 is 14.6 Å². The molecule has 0 unspecified atom stereocenters. The van der Waals surface area contributed by atoms with Gasteiger partial charge < -0.3 is 20.5 Å². The summed E-state index contributed by atoms with van der Waals surface area (Å²) in [6, 6.07) is 13.9. The number of hydrogen-bond donors (Lipinski definition) is 3. The standard InChI is InChI=1S/C23H29ClN2O3/c1-2-29-23(28)15-26-21-10-9-16-5-4-8-20(12-18(16)13-21)25-14-22(27)17-6-3-7-19(24)11-17/h3,6-7,9-11,13,20,22,25-27H,2,4-5,8,12,14-15H2,1H3/t20-,22-/m0/s1. The molecule has 0 aliphatic heterocycles. The number of carbonyl (C=O) groups excluding carboxylic acids is 1. The smallest absolute Gasteiger partial charge is 0.325 e. The van der Waals surface area contributed by atoms with Crippen molar-refractivity contribution in [3.8, 4) is 0 Å². The van der Waals surface area contributed by atoms with Crippen LogP contribution in [0, 0.1) is 0 Å². The van der Waals surface area contributed by atoms with Gasteiger partial charge in [0, 0.05) is 23.3 Å². The van der Waals surface area contributed by atoms with Crippen molar-refractivity contribution in [1.29, 1.82) is 0 Å². The molecule has 0 fully saturated rings. The SMILES string of the molecule is CCOC(=O)CNc1ccc2c(c1)C[C@@H](NC[C@H](O)c1cccc(Cl)c1)CCC2. The largest absolute Gasteiger partial charge is 0.465 e. The summed E-state index contributed by atoms with van der Waals surface area (Å²) in [5.74, 6) is -0.253. The molecule has 6 heteroatoms. The minimum absolute atomic E-state index is 0.167. The lowest BCUT2D eigenvalue weighted by atomic mass is 10.0. The Labute approximate surface area is 177 Å². The normalized spacial score (nSPS) is 17.1. The quantitative estimate of drug-likeness (QED) is 0.450. The number of anilines is 1. The molecule has 5 nitrogen and oxygen atoms in total. The van der Waals surface area contributed by atoms with Crippen LogP contribution in [0.3, 0.4) is 0 Å². The predicted octanol–water partition coefficient (Wildman–Crippen LogP) is 3.89. The minimum Gasteiger partial charge on any atom is -0.465 e. The third kappa shape index (κ3) is 6.46. The van der Waals surface area contributed by atoms with E-state index in [1.165, 1.54) is 11.1 Å². The number of hydrogen-bond acceptors (Lipinski definition) is 5. The van der Waals surface area contributed by atoms with Crippen LogP contribution >= 0.6 is 11.6 Å². The number of ether oxygens (including phenoxy) is 1. The molecule has 0 heterocycles. The lowest BCUT2D eigenvalue weighted by Crippen LogP contribution is -2.34. The first-order chi connectivity index (χ1) is 14.0. The molecule has 1 aliphatic rings. The fraction of sp³-hybridized carbons (Fsp3) is 0.435. The topological polar surface area (TPSA) is 70.6 Å². The highest BCUT2D eigenvalue weighted by atomic mass is 35.5. The van der Waals surface area contributed by atoms with Gasteiger partial charge in [-0.05, 0) is 73.6 Å². The van der Waals surface area contributed by atoms with Gasteiger partial charge in [-0.25, -0.2) is 0 Å². The Balaban J connectivity index is 1.58. The first kappa shape index (κ1) is 21.6. The fourth-order valence-corrected chi connectivity index (χ4v) is 3.95. The second-order valence-corrected chi connectivity index (χ2v) is 7.85. The van der Waals surface area contributed by atoms with E-state index in [4.69, 9.17) is 16.3 Å². The first-order valence-corrected chi connectivity index (χ1v) is 10.6. The van der Waals surface area contributed by atoms with Gasteiger partial charge in [0.2, 0.25) is 0 Å². The van der Waals surface area contributed by atoms with Crippen molar-refractivity contribution in [2.24, 2.45) is 0 Å². The second kappa shape index (κ2) is 10.6. The molecule has 29 heavy (non-hydrogen) atoms. The zero-order valence-corrected chi connectivity index (χ0v) is 17.5. The number of esters is 1. The van der Waals surface area contributed by atoms with Gasteiger partial charge in [-0.2, -0.15) is 0 Å². The van der Waals surface area contributed by atoms with Crippen LogP contribution < -0.4 is 10.6 Å². The molecule has 3 N–H and O–H groups in total. The highest BCUT2D eigenvalue weighted by Crippen LogP contribution is 2.25. The zero-order valence-electron chi connectivity index (χ0n) is 16.8. The van der Waals surface area contributed by atoms with Crippen LogP contribution in [0.15, 0.2) is 42.5 Å². The molecule has 0 aromatic heterocycles. The van der Waals surface area contributed by atoms with Crippen LogP contribution in [-0.4, -0.2) is 36.8 Å². The van der Waals surface area contributed by atoms with Crippen LogP contribution in [0.4, 0.5) is 5.69 Å². The van der Waals surface area contributed by atoms with Gasteiger partial charge in [-0.15, -0.1) is 0 Å². The molecule has 2 aromatic rings. The summed E-state index contributed by atoms with van der Waals surface area (Å²) < 4.78 is 4.97. The first-order valence-electron chi connectivity index (χ1n) is 10.2. The summed E-state index contributed by atoms with van der Waals surface area (Å²) in [6.07, 6.45) is 3.51. The highest BCUT2D eigenvalue weighted by molar-refractivity contribution is 6.30. The molecule has 0 saturated heterocycles. The van der Waals surface area contributed by atoms with Crippen molar-refractivity contribution >= 4 is 23.3 Å². The number of rotatable bonds is 8. The number of halogens is 1. The molecule has 0 radical (unpaired) electrons. The Kier molecular flexibility index (Phi) is 7.92. The summed E-state index contributed by atoms with van der Waals surface area (Å²) in [7, 11) is 0. The molecule has 0 spiro atoms. The average molecular weight is 417 g/mol.